The lowest BCUT2D eigenvalue weighted by Gasteiger charge is -2.22. The summed E-state index contributed by atoms with van der Waals surface area (Å²) in [7, 11) is 3.74. The van der Waals surface area contributed by atoms with Gasteiger partial charge in [-0.25, -0.2) is 9.37 Å². The minimum Gasteiger partial charge on any atom is -0.492 e. The van der Waals surface area contributed by atoms with Crippen molar-refractivity contribution >= 4 is 5.96 Å². The molecule has 0 radical (unpaired) electrons. The highest BCUT2D eigenvalue weighted by atomic mass is 19.1. The summed E-state index contributed by atoms with van der Waals surface area (Å²) in [6.07, 6.45) is 5.98. The Morgan fingerprint density at radius 3 is 2.73 bits per heavy atom. The zero-order valence-corrected chi connectivity index (χ0v) is 15.8. The SMILES string of the molecule is CN=C(NCCCCn1ccnc1C)N(C)CCOc1ccc(F)cc1. The lowest BCUT2D eigenvalue weighted by atomic mass is 10.3. The van der Waals surface area contributed by atoms with Crippen molar-refractivity contribution in [2.75, 3.05) is 33.8 Å². The van der Waals surface area contributed by atoms with Crippen molar-refractivity contribution in [2.24, 2.45) is 4.99 Å². The molecule has 2 rings (SSSR count). The predicted molar refractivity (Wildman–Crippen MR) is 102 cm³/mol. The quantitative estimate of drug-likeness (QED) is 0.424. The predicted octanol–water partition coefficient (Wildman–Crippen LogP) is 2.70. The van der Waals surface area contributed by atoms with Gasteiger partial charge in [-0.15, -0.1) is 0 Å². The molecule has 0 aliphatic heterocycles. The number of aliphatic imine (C=N–C) groups is 1. The molecule has 6 nitrogen and oxygen atoms in total. The van der Waals surface area contributed by atoms with Gasteiger partial charge in [-0.1, -0.05) is 0 Å². The lowest BCUT2D eigenvalue weighted by Crippen LogP contribution is -2.41. The Labute approximate surface area is 154 Å². The normalized spacial score (nSPS) is 11.5. The first-order valence-electron chi connectivity index (χ1n) is 8.88. The molecular weight excluding hydrogens is 333 g/mol. The van der Waals surface area contributed by atoms with E-state index in [1.807, 2.05) is 31.3 Å². The van der Waals surface area contributed by atoms with Crippen LogP contribution >= 0.6 is 0 Å². The third-order valence-corrected chi connectivity index (χ3v) is 4.11. The molecule has 0 aliphatic carbocycles. The van der Waals surface area contributed by atoms with E-state index in [-0.39, 0.29) is 5.82 Å². The van der Waals surface area contributed by atoms with Crippen LogP contribution in [0, 0.1) is 12.7 Å². The van der Waals surface area contributed by atoms with E-state index in [2.05, 4.69) is 19.9 Å². The van der Waals surface area contributed by atoms with Gasteiger partial charge in [0.15, 0.2) is 5.96 Å². The number of rotatable bonds is 9. The van der Waals surface area contributed by atoms with Crippen molar-refractivity contribution < 1.29 is 9.13 Å². The lowest BCUT2D eigenvalue weighted by molar-refractivity contribution is 0.281. The molecular formula is C19H28FN5O. The minimum absolute atomic E-state index is 0.262. The van der Waals surface area contributed by atoms with Crippen LogP contribution in [0.1, 0.15) is 18.7 Å². The fourth-order valence-corrected chi connectivity index (χ4v) is 2.57. The van der Waals surface area contributed by atoms with E-state index < -0.39 is 0 Å². The average Bonchev–Trinajstić information content (AvgIpc) is 3.04. The molecule has 1 N–H and O–H groups in total. The van der Waals surface area contributed by atoms with Crippen LogP contribution in [0.3, 0.4) is 0 Å². The second-order valence-electron chi connectivity index (χ2n) is 6.07. The topological polar surface area (TPSA) is 54.7 Å². The van der Waals surface area contributed by atoms with Crippen LogP contribution in [-0.2, 0) is 6.54 Å². The van der Waals surface area contributed by atoms with Crippen LogP contribution < -0.4 is 10.1 Å². The summed E-state index contributed by atoms with van der Waals surface area (Å²) in [6.45, 7) is 5.05. The number of nitrogens with zero attached hydrogens (tertiary/aromatic N) is 4. The van der Waals surface area contributed by atoms with Crippen molar-refractivity contribution in [2.45, 2.75) is 26.3 Å². The minimum atomic E-state index is -0.262. The molecule has 0 unspecified atom stereocenters. The number of benzene rings is 1. The Morgan fingerprint density at radius 1 is 1.31 bits per heavy atom. The van der Waals surface area contributed by atoms with Crippen LogP contribution in [0.15, 0.2) is 41.7 Å². The van der Waals surface area contributed by atoms with Crippen LogP contribution in [0.25, 0.3) is 0 Å². The number of hydrogen-bond acceptors (Lipinski definition) is 3. The molecule has 1 heterocycles. The first kappa shape index (κ1) is 19.8. The van der Waals surface area contributed by atoms with Gasteiger partial charge in [0.2, 0.25) is 0 Å². The molecule has 0 spiro atoms. The number of guanidine groups is 1. The number of aromatic nitrogens is 2. The number of nitrogens with one attached hydrogen (secondary N) is 1. The molecule has 2 aromatic rings. The van der Waals surface area contributed by atoms with Crippen LogP contribution in [-0.4, -0.2) is 54.2 Å². The van der Waals surface area contributed by atoms with Crippen LogP contribution in [0.2, 0.25) is 0 Å². The van der Waals surface area contributed by atoms with Gasteiger partial charge in [0.25, 0.3) is 0 Å². The van der Waals surface area contributed by atoms with Crippen molar-refractivity contribution in [1.82, 2.24) is 19.8 Å². The summed E-state index contributed by atoms with van der Waals surface area (Å²) in [4.78, 5) is 10.5. The Hall–Kier alpha value is -2.57. The molecule has 0 bridgehead atoms. The molecule has 26 heavy (non-hydrogen) atoms. The molecule has 7 heteroatoms. The van der Waals surface area contributed by atoms with Gasteiger partial charge in [-0.2, -0.15) is 0 Å². The molecule has 1 aromatic carbocycles. The van der Waals surface area contributed by atoms with Gasteiger partial charge in [0.05, 0.1) is 6.54 Å². The smallest absolute Gasteiger partial charge is 0.193 e. The largest absolute Gasteiger partial charge is 0.492 e. The number of halogens is 1. The van der Waals surface area contributed by atoms with Gasteiger partial charge < -0.3 is 19.5 Å². The van der Waals surface area contributed by atoms with Gasteiger partial charge >= 0.3 is 0 Å². The maximum atomic E-state index is 12.9. The number of ether oxygens (including phenoxy) is 1. The Balaban J connectivity index is 1.62. The fourth-order valence-electron chi connectivity index (χ4n) is 2.57. The van der Waals surface area contributed by atoms with E-state index in [9.17, 15) is 4.39 Å². The Morgan fingerprint density at radius 2 is 2.08 bits per heavy atom. The number of hydrogen-bond donors (Lipinski definition) is 1. The van der Waals surface area contributed by atoms with Crippen LogP contribution in [0.4, 0.5) is 4.39 Å². The third-order valence-electron chi connectivity index (χ3n) is 4.11. The maximum Gasteiger partial charge on any atom is 0.193 e. The summed E-state index contributed by atoms with van der Waals surface area (Å²) < 4.78 is 20.7. The molecule has 0 fully saturated rings. The van der Waals surface area contributed by atoms with Gasteiger partial charge in [-0.05, 0) is 44.0 Å². The summed E-state index contributed by atoms with van der Waals surface area (Å²) in [5.41, 5.74) is 0. The van der Waals surface area contributed by atoms with E-state index in [1.165, 1.54) is 12.1 Å². The molecule has 0 aliphatic rings. The second kappa shape index (κ2) is 10.4. The molecule has 0 saturated carbocycles. The number of aryl methyl sites for hydroxylation is 2. The number of unbranched alkanes of at least 4 members (excludes halogenated alkanes) is 1. The monoisotopic (exact) mass is 361 g/mol. The highest BCUT2D eigenvalue weighted by Gasteiger charge is 2.05. The highest BCUT2D eigenvalue weighted by molar-refractivity contribution is 5.79. The Bertz CT molecular complexity index is 683. The number of likely N-dealkylation sites (N-methyl/N-ethyl adjacent to an activating group) is 1. The van der Waals surface area contributed by atoms with Gasteiger partial charge in [-0.3, -0.25) is 4.99 Å². The van der Waals surface area contributed by atoms with Gasteiger partial charge in [0, 0.05) is 39.6 Å². The van der Waals surface area contributed by atoms with Crippen molar-refractivity contribution in [3.8, 4) is 5.75 Å². The highest BCUT2D eigenvalue weighted by Crippen LogP contribution is 2.10. The van der Waals surface area contributed by atoms with E-state index in [0.717, 1.165) is 37.7 Å². The first-order valence-corrected chi connectivity index (χ1v) is 8.88. The zero-order valence-electron chi connectivity index (χ0n) is 15.8. The van der Waals surface area contributed by atoms with Crippen molar-refractivity contribution in [1.29, 1.82) is 0 Å². The molecule has 0 atom stereocenters. The Kier molecular flexibility index (Phi) is 7.92. The average molecular weight is 361 g/mol. The van der Waals surface area contributed by atoms with Crippen LogP contribution in [0.5, 0.6) is 5.75 Å². The summed E-state index contributed by atoms with van der Waals surface area (Å²) >= 11 is 0. The summed E-state index contributed by atoms with van der Waals surface area (Å²) in [5, 5.41) is 3.37. The summed E-state index contributed by atoms with van der Waals surface area (Å²) in [6, 6.07) is 6.05. The van der Waals surface area contributed by atoms with Crippen molar-refractivity contribution in [3.63, 3.8) is 0 Å². The summed E-state index contributed by atoms with van der Waals surface area (Å²) in [5.74, 6) is 2.29. The molecule has 142 valence electrons. The zero-order chi connectivity index (χ0) is 18.8. The van der Waals surface area contributed by atoms with Crippen molar-refractivity contribution in [3.05, 3.63) is 48.3 Å². The van der Waals surface area contributed by atoms with E-state index >= 15 is 0 Å². The number of imidazole rings is 1. The standard InChI is InChI=1S/C19H28FN5O/c1-16-22-11-13-25(16)12-5-4-10-23-19(21-2)24(3)14-15-26-18-8-6-17(20)7-9-18/h6-9,11,13H,4-5,10,12,14-15H2,1-3H3,(H,21,23). The molecule has 0 amide bonds. The molecule has 1 aromatic heterocycles. The first-order chi connectivity index (χ1) is 12.6. The third kappa shape index (κ3) is 6.38. The van der Waals surface area contributed by atoms with E-state index in [1.54, 1.807) is 19.2 Å². The van der Waals surface area contributed by atoms with Gasteiger partial charge in [0.1, 0.15) is 24.0 Å². The fraction of sp³-hybridized carbons (Fsp3) is 0.474. The van der Waals surface area contributed by atoms with E-state index in [4.69, 9.17) is 4.74 Å². The second-order valence-corrected chi connectivity index (χ2v) is 6.07. The van der Waals surface area contributed by atoms with E-state index in [0.29, 0.717) is 18.9 Å². The molecule has 0 saturated heterocycles. The maximum absolute atomic E-state index is 12.9.